The van der Waals surface area contributed by atoms with E-state index in [4.69, 9.17) is 19.9 Å². The molecule has 10 N–H and O–H groups in total. The first-order chi connectivity index (χ1) is 45.7. The van der Waals surface area contributed by atoms with Gasteiger partial charge in [0.1, 0.15) is 59.4 Å². The standard InChI is InChI=1S/C69H86FN11O12S2/c1-41-61(83)76-53-34-45-13-8-12-43(31-45)11-6-7-28-93-57-22-27-80(66(88)55(77-62(53)84)35-48-38-73-52-21-18-49(70)36-51(48)52)60(57)65(87)79-59(42(2)91-4)64(86)78-54(33-44-16-19-50(92-5)20-17-44)67(89)81-26-10-24-69(81,3)68(90)72-25-30-95-40-47-15-9-14-46(32-47)39-94-29-23-58(82)75-56(37-71)63(85)74-41/h6-9,12-21,31-32,36,38,41-42,53-57,59-60,73H,10-11,22-30,33-35,37,39-40,71H2,1-5H3,(H,72,90)(H,74,85)(H,75,82)(H,76,83)(H,77,84)(H,78,86)(H,79,87)/b7-6-/t41-,42-,53-,54-,55-,56-,57-,59-,60-,69-/m0/s1. The van der Waals surface area contributed by atoms with E-state index in [0.717, 1.165) is 16.7 Å². The van der Waals surface area contributed by atoms with Crippen LogP contribution in [0.4, 0.5) is 4.39 Å². The molecule has 10 atom stereocenters. The lowest BCUT2D eigenvalue weighted by molar-refractivity contribution is -0.147. The molecule has 0 aliphatic carbocycles. The van der Waals surface area contributed by atoms with E-state index in [-0.39, 0.29) is 64.3 Å². The fourth-order valence-corrected chi connectivity index (χ4v) is 14.1. The number of rotatable bonds is 8. The molecule has 0 saturated carbocycles. The number of hydrogen-bond donors (Lipinski definition) is 9. The Morgan fingerprint density at radius 1 is 0.726 bits per heavy atom. The number of amides is 9. The van der Waals surface area contributed by atoms with Crippen LogP contribution in [0.3, 0.4) is 0 Å². The van der Waals surface area contributed by atoms with Gasteiger partial charge in [0.25, 0.3) is 0 Å². The molecule has 23 nitrogen and oxygen atoms in total. The zero-order valence-corrected chi connectivity index (χ0v) is 55.8. The molecule has 1 aromatic heterocycles. The van der Waals surface area contributed by atoms with E-state index >= 15 is 28.4 Å². The number of nitrogens with one attached hydrogen (secondary N) is 8. The number of allylic oxidation sites excluding steroid dienone is 1. The average Bonchev–Trinajstić information content (AvgIpc) is 1.71. The minimum absolute atomic E-state index is 0.00647. The van der Waals surface area contributed by atoms with E-state index in [1.807, 2.05) is 42.5 Å². The highest BCUT2D eigenvalue weighted by Gasteiger charge is 2.49. The summed E-state index contributed by atoms with van der Waals surface area (Å²) in [5, 5.41) is 20.3. The van der Waals surface area contributed by atoms with Crippen LogP contribution in [-0.2, 0) is 89.8 Å². The van der Waals surface area contributed by atoms with Crippen molar-refractivity contribution < 1.29 is 61.8 Å². The SMILES string of the molecule is COc1ccc(C[C@@H]2NC(=O)[C@H]([C@H](C)OC)NC(=O)[C@@H]3[C@@H]4CCN3C(=O)[C@H](Cc3c[nH]c5ccc(F)cc35)NC(=O)[C@H](Cc3cccc(c3)C/C=C\CO4)NC(=O)[C@H](C)NC(=O)[C@H](CN)NC(=O)CCSCc3cccc(c3)CSCCNC(=O)[C@]3(C)CCCN3C2=O)cc1. The highest BCUT2D eigenvalue weighted by atomic mass is 32.2. The molecule has 0 unspecified atom stereocenters. The van der Waals surface area contributed by atoms with Gasteiger partial charge in [0.15, 0.2) is 0 Å². The first-order valence-electron chi connectivity index (χ1n) is 32.2. The smallest absolute Gasteiger partial charge is 0.246 e. The minimum atomic E-state index is -1.50. The first-order valence-corrected chi connectivity index (χ1v) is 34.5. The second-order valence-corrected chi connectivity index (χ2v) is 26.8. The van der Waals surface area contributed by atoms with Crippen molar-refractivity contribution in [1.29, 1.82) is 0 Å². The number of nitrogens with zero attached hydrogens (tertiary/aromatic N) is 2. The molecule has 5 heterocycles. The molecule has 2 saturated heterocycles. The van der Waals surface area contributed by atoms with Gasteiger partial charge in [-0.05, 0) is 110 Å². The Kier molecular flexibility index (Phi) is 25.0. The number of H-pyrrole nitrogens is 1. The Bertz CT molecular complexity index is 3610. The van der Waals surface area contributed by atoms with Crippen LogP contribution in [0.25, 0.3) is 10.9 Å². The van der Waals surface area contributed by atoms with Gasteiger partial charge in [-0.2, -0.15) is 23.5 Å². The van der Waals surface area contributed by atoms with Gasteiger partial charge in [0, 0.05) is 99.1 Å². The van der Waals surface area contributed by atoms with Crippen LogP contribution in [0, 0.1) is 5.82 Å². The van der Waals surface area contributed by atoms with E-state index in [0.29, 0.717) is 82.2 Å². The van der Waals surface area contributed by atoms with E-state index in [1.54, 1.807) is 68.2 Å². The summed E-state index contributed by atoms with van der Waals surface area (Å²) in [5.74, 6) is -3.77. The molecule has 0 spiro atoms. The summed E-state index contributed by atoms with van der Waals surface area (Å²) in [6.07, 6.45) is 4.31. The zero-order valence-electron chi connectivity index (χ0n) is 54.2. The summed E-state index contributed by atoms with van der Waals surface area (Å²) in [6.45, 7) is 4.88. The van der Waals surface area contributed by atoms with Crippen LogP contribution in [-0.4, -0.2) is 186 Å². The van der Waals surface area contributed by atoms with E-state index in [2.05, 4.69) is 48.3 Å². The monoisotopic (exact) mass is 1340 g/mol. The molecule has 5 aromatic rings. The van der Waals surface area contributed by atoms with Crippen molar-refractivity contribution in [3.8, 4) is 5.75 Å². The number of thioether (sulfide) groups is 2. The molecule has 4 aliphatic heterocycles. The van der Waals surface area contributed by atoms with Gasteiger partial charge in [-0.25, -0.2) is 4.39 Å². The number of hydrogen-bond acceptors (Lipinski definition) is 15. The van der Waals surface area contributed by atoms with Crippen molar-refractivity contribution in [2.24, 2.45) is 5.73 Å². The molecule has 4 aliphatic rings. The van der Waals surface area contributed by atoms with Crippen LogP contribution >= 0.6 is 23.5 Å². The van der Waals surface area contributed by atoms with E-state index < -0.39 is 113 Å². The van der Waals surface area contributed by atoms with Crippen LogP contribution in [0.15, 0.2) is 109 Å². The Labute approximate surface area is 560 Å². The topological polar surface area (TPSA) is 314 Å². The molecule has 95 heavy (non-hydrogen) atoms. The number of aromatic nitrogens is 1. The first kappa shape index (κ1) is 71.0. The Balaban J connectivity index is 1.07. The largest absolute Gasteiger partial charge is 0.497 e. The number of methoxy groups -OCH3 is 2. The molecular formula is C69H86FN11O12S2. The van der Waals surface area contributed by atoms with Crippen molar-refractivity contribution in [3.05, 3.63) is 149 Å². The van der Waals surface area contributed by atoms with Crippen LogP contribution in [0.2, 0.25) is 0 Å². The number of fused-ring (bicyclic) bond motifs is 10. The Hall–Kier alpha value is -8.30. The maximum atomic E-state index is 15.7. The minimum Gasteiger partial charge on any atom is -0.497 e. The van der Waals surface area contributed by atoms with E-state index in [9.17, 15) is 19.2 Å². The molecule has 508 valence electrons. The molecule has 9 rings (SSSR count). The van der Waals surface area contributed by atoms with Crippen molar-refractivity contribution in [1.82, 2.24) is 52.0 Å². The van der Waals surface area contributed by atoms with Gasteiger partial charge in [0.05, 0.1) is 25.9 Å². The number of benzene rings is 4. The fourth-order valence-electron chi connectivity index (χ4n) is 12.4. The van der Waals surface area contributed by atoms with E-state index in [1.165, 1.54) is 60.9 Å². The van der Waals surface area contributed by atoms with Gasteiger partial charge in [-0.1, -0.05) is 72.8 Å². The molecule has 9 amide bonds. The molecule has 26 heteroatoms. The van der Waals surface area contributed by atoms with Gasteiger partial charge in [0.2, 0.25) is 53.2 Å². The third-order valence-corrected chi connectivity index (χ3v) is 19.9. The number of halogens is 1. The molecular weight excluding hydrogens is 1260 g/mol. The Morgan fingerprint density at radius 3 is 2.17 bits per heavy atom. The molecule has 8 bridgehead atoms. The van der Waals surface area contributed by atoms with Crippen molar-refractivity contribution in [3.63, 3.8) is 0 Å². The summed E-state index contributed by atoms with van der Waals surface area (Å²) >= 11 is 3.17. The predicted octanol–water partition coefficient (Wildman–Crippen LogP) is 3.43. The van der Waals surface area contributed by atoms with Crippen LogP contribution in [0.5, 0.6) is 5.75 Å². The van der Waals surface area contributed by atoms with Gasteiger partial charge in [-0.3, -0.25) is 43.2 Å². The normalized spacial score (nSPS) is 26.3. The fraction of sp³-hybridized carbons (Fsp3) is 0.464. The summed E-state index contributed by atoms with van der Waals surface area (Å²) in [6, 6.07) is 16.9. The van der Waals surface area contributed by atoms with Gasteiger partial charge >= 0.3 is 0 Å². The maximum Gasteiger partial charge on any atom is 0.246 e. The zero-order chi connectivity index (χ0) is 67.8. The van der Waals surface area contributed by atoms with Crippen molar-refractivity contribution in [2.45, 2.75) is 144 Å². The molecule has 0 radical (unpaired) electrons. The lowest BCUT2D eigenvalue weighted by Gasteiger charge is -2.37. The second-order valence-electron chi connectivity index (χ2n) is 24.6. The quantitative estimate of drug-likeness (QED) is 0.101. The lowest BCUT2D eigenvalue weighted by Crippen LogP contribution is -2.64. The summed E-state index contributed by atoms with van der Waals surface area (Å²) in [4.78, 5) is 138. The van der Waals surface area contributed by atoms with Crippen LogP contribution in [0.1, 0.15) is 79.8 Å². The van der Waals surface area contributed by atoms with Crippen molar-refractivity contribution >= 4 is 87.6 Å². The maximum absolute atomic E-state index is 15.7. The predicted molar refractivity (Wildman–Crippen MR) is 360 cm³/mol. The number of ether oxygens (including phenoxy) is 3. The summed E-state index contributed by atoms with van der Waals surface area (Å²) < 4.78 is 32.7. The average molecular weight is 1340 g/mol. The highest BCUT2D eigenvalue weighted by Crippen LogP contribution is 2.32. The van der Waals surface area contributed by atoms with Gasteiger partial charge in [-0.15, -0.1) is 0 Å². The number of nitrogens with two attached hydrogens (primary N) is 1. The summed E-state index contributed by atoms with van der Waals surface area (Å²) in [7, 11) is 2.88. The number of aromatic amines is 1. The van der Waals surface area contributed by atoms with Gasteiger partial charge < -0.3 is 71.9 Å². The number of carbonyl (C=O) groups excluding carboxylic acids is 9. The Morgan fingerprint density at radius 2 is 1.43 bits per heavy atom. The third kappa shape index (κ3) is 18.4. The second kappa shape index (κ2) is 33.4. The van der Waals surface area contributed by atoms with Crippen molar-refractivity contribution in [2.75, 3.05) is 58.5 Å². The highest BCUT2D eigenvalue weighted by molar-refractivity contribution is 7.98. The lowest BCUT2D eigenvalue weighted by atomic mass is 9.95. The van der Waals surface area contributed by atoms with Crippen LogP contribution < -0.4 is 47.7 Å². The molecule has 2 fully saturated rings. The number of carbonyl (C=O) groups is 9. The molecule has 4 aromatic carbocycles. The third-order valence-electron chi connectivity index (χ3n) is 17.9. The summed E-state index contributed by atoms with van der Waals surface area (Å²) in [5.41, 5.74) is 9.94.